The molecule has 1 fully saturated rings. The maximum atomic E-state index is 11.9. The van der Waals surface area contributed by atoms with Crippen LogP contribution in [0.3, 0.4) is 0 Å². The molecule has 1 atom stereocenters. The van der Waals surface area contributed by atoms with Gasteiger partial charge in [0, 0.05) is 0 Å². The molecule has 0 aliphatic heterocycles. The summed E-state index contributed by atoms with van der Waals surface area (Å²) in [6.45, 7) is 1.97. The summed E-state index contributed by atoms with van der Waals surface area (Å²) in [4.78, 5) is 11.9. The minimum absolute atomic E-state index is 0.248. The van der Waals surface area contributed by atoms with Gasteiger partial charge in [-0.15, -0.1) is 0 Å². The Kier molecular flexibility index (Phi) is 8.20. The Labute approximate surface area is 124 Å². The van der Waals surface area contributed by atoms with Crippen molar-refractivity contribution in [3.05, 3.63) is 0 Å². The van der Waals surface area contributed by atoms with Crippen molar-refractivity contribution < 1.29 is 14.6 Å². The van der Waals surface area contributed by atoms with Crippen molar-refractivity contribution in [1.82, 2.24) is 0 Å². The number of aliphatic hydroxyl groups is 1. The highest BCUT2D eigenvalue weighted by molar-refractivity contribution is 5.73. The minimum atomic E-state index is -0.860. The summed E-state index contributed by atoms with van der Waals surface area (Å²) in [6, 6.07) is 0. The van der Waals surface area contributed by atoms with Crippen LogP contribution in [0.2, 0.25) is 0 Å². The normalized spacial score (nSPS) is 23.1. The second kappa shape index (κ2) is 9.38. The summed E-state index contributed by atoms with van der Waals surface area (Å²) in [6.07, 6.45) is 13.0. The van der Waals surface area contributed by atoms with E-state index in [2.05, 4.69) is 0 Å². The number of esters is 1. The second-order valence-corrected chi connectivity index (χ2v) is 6.27. The minimum Gasteiger partial charge on any atom is -0.469 e. The van der Waals surface area contributed by atoms with E-state index in [0.29, 0.717) is 6.42 Å². The lowest BCUT2D eigenvalue weighted by Gasteiger charge is -2.34. The molecular formula is C17H32O3. The third-order valence-corrected chi connectivity index (χ3v) is 4.76. The lowest BCUT2D eigenvalue weighted by atomic mass is 9.77. The van der Waals surface area contributed by atoms with Crippen LogP contribution in [0.25, 0.3) is 0 Å². The molecule has 0 aromatic carbocycles. The van der Waals surface area contributed by atoms with Gasteiger partial charge in [0.15, 0.2) is 0 Å². The number of hydrogen-bond donors (Lipinski definition) is 1. The lowest BCUT2D eigenvalue weighted by Crippen LogP contribution is -2.42. The first-order chi connectivity index (χ1) is 9.64. The molecule has 0 aromatic rings. The highest BCUT2D eigenvalue weighted by atomic mass is 16.5. The van der Waals surface area contributed by atoms with Crippen molar-refractivity contribution in [2.24, 2.45) is 5.92 Å². The Morgan fingerprint density at radius 2 is 1.40 bits per heavy atom. The van der Waals surface area contributed by atoms with Crippen LogP contribution >= 0.6 is 0 Å². The molecule has 0 bridgehead atoms. The molecule has 118 valence electrons. The van der Waals surface area contributed by atoms with Crippen LogP contribution in [0.4, 0.5) is 0 Å². The zero-order chi connectivity index (χ0) is 14.8. The van der Waals surface area contributed by atoms with Gasteiger partial charge in [0.05, 0.1) is 18.6 Å². The molecule has 1 saturated carbocycles. The summed E-state index contributed by atoms with van der Waals surface area (Å²) < 4.78 is 4.90. The van der Waals surface area contributed by atoms with E-state index in [9.17, 15) is 9.90 Å². The molecule has 1 N–H and O–H groups in total. The van der Waals surface area contributed by atoms with E-state index in [0.717, 1.165) is 25.7 Å². The molecule has 20 heavy (non-hydrogen) atoms. The van der Waals surface area contributed by atoms with E-state index >= 15 is 0 Å². The van der Waals surface area contributed by atoms with Gasteiger partial charge in [-0.25, -0.2) is 0 Å². The Morgan fingerprint density at radius 3 is 1.75 bits per heavy atom. The third-order valence-electron chi connectivity index (χ3n) is 4.76. The molecule has 0 aromatic heterocycles. The summed E-state index contributed by atoms with van der Waals surface area (Å²) in [5.41, 5.74) is -0.860. The smallest absolute Gasteiger partial charge is 0.311 e. The van der Waals surface area contributed by atoms with Crippen LogP contribution in [0.15, 0.2) is 0 Å². The van der Waals surface area contributed by atoms with Crippen molar-refractivity contribution in [2.75, 3.05) is 7.11 Å². The van der Waals surface area contributed by atoms with Crippen LogP contribution in [0, 0.1) is 5.92 Å². The van der Waals surface area contributed by atoms with E-state index in [1.165, 1.54) is 52.1 Å². The first-order valence-electron chi connectivity index (χ1n) is 8.44. The van der Waals surface area contributed by atoms with Crippen molar-refractivity contribution >= 4 is 5.97 Å². The zero-order valence-corrected chi connectivity index (χ0v) is 13.3. The fourth-order valence-electron chi connectivity index (χ4n) is 3.48. The van der Waals surface area contributed by atoms with Gasteiger partial charge in [0.25, 0.3) is 0 Å². The Balaban J connectivity index is 2.69. The predicted molar refractivity (Wildman–Crippen MR) is 81.5 cm³/mol. The Hall–Kier alpha value is -0.570. The first kappa shape index (κ1) is 17.5. The fourth-order valence-corrected chi connectivity index (χ4v) is 3.48. The highest BCUT2D eigenvalue weighted by Gasteiger charge is 2.39. The van der Waals surface area contributed by atoms with Crippen molar-refractivity contribution in [3.8, 4) is 0 Å². The number of carbonyl (C=O) groups is 1. The average Bonchev–Trinajstić information content (AvgIpc) is 2.43. The summed E-state index contributed by atoms with van der Waals surface area (Å²) in [5.74, 6) is -0.613. The monoisotopic (exact) mass is 284 g/mol. The summed E-state index contributed by atoms with van der Waals surface area (Å²) in [5, 5.41) is 11.0. The number of ether oxygens (including phenoxy) is 1. The van der Waals surface area contributed by atoms with Gasteiger partial charge in [0.1, 0.15) is 0 Å². The predicted octanol–water partition coefficient (Wildman–Crippen LogP) is 4.22. The van der Waals surface area contributed by atoms with E-state index in [-0.39, 0.29) is 11.9 Å². The molecule has 1 rings (SSSR count). The van der Waals surface area contributed by atoms with Gasteiger partial charge in [-0.2, -0.15) is 0 Å². The number of hydrogen-bond acceptors (Lipinski definition) is 3. The Morgan fingerprint density at radius 1 is 1.00 bits per heavy atom. The SMILES string of the molecule is CCC(C(=O)OC)C1(O)CCCCCCCCCCC1. The topological polar surface area (TPSA) is 46.5 Å². The molecule has 1 aliphatic rings. The zero-order valence-electron chi connectivity index (χ0n) is 13.3. The van der Waals surface area contributed by atoms with Crippen LogP contribution < -0.4 is 0 Å². The van der Waals surface area contributed by atoms with Gasteiger partial charge in [-0.1, -0.05) is 64.7 Å². The maximum absolute atomic E-state index is 11.9. The van der Waals surface area contributed by atoms with Crippen LogP contribution in [0.1, 0.15) is 84.0 Å². The van der Waals surface area contributed by atoms with E-state index in [1.807, 2.05) is 6.92 Å². The molecule has 0 amide bonds. The average molecular weight is 284 g/mol. The van der Waals surface area contributed by atoms with Gasteiger partial charge >= 0.3 is 5.97 Å². The lowest BCUT2D eigenvalue weighted by molar-refractivity contribution is -0.157. The van der Waals surface area contributed by atoms with Crippen molar-refractivity contribution in [1.29, 1.82) is 0 Å². The van der Waals surface area contributed by atoms with E-state index in [1.54, 1.807) is 0 Å². The largest absolute Gasteiger partial charge is 0.469 e. The standard InChI is InChI=1S/C17H32O3/c1-3-15(16(18)20-2)17(19)13-11-9-7-5-4-6-8-10-12-14-17/h15,19H,3-14H2,1-2H3. The number of methoxy groups -OCH3 is 1. The number of rotatable bonds is 3. The van der Waals surface area contributed by atoms with Crippen molar-refractivity contribution in [2.45, 2.75) is 89.6 Å². The second-order valence-electron chi connectivity index (χ2n) is 6.27. The molecule has 1 aliphatic carbocycles. The summed E-state index contributed by atoms with van der Waals surface area (Å²) >= 11 is 0. The van der Waals surface area contributed by atoms with Crippen molar-refractivity contribution in [3.63, 3.8) is 0 Å². The highest BCUT2D eigenvalue weighted by Crippen LogP contribution is 2.33. The fraction of sp³-hybridized carbons (Fsp3) is 0.941. The molecule has 0 heterocycles. The van der Waals surface area contributed by atoms with E-state index in [4.69, 9.17) is 4.74 Å². The third kappa shape index (κ3) is 5.43. The molecule has 3 nitrogen and oxygen atoms in total. The number of carbonyl (C=O) groups excluding carboxylic acids is 1. The quantitative estimate of drug-likeness (QED) is 0.789. The first-order valence-corrected chi connectivity index (χ1v) is 8.44. The van der Waals surface area contributed by atoms with Crippen LogP contribution in [-0.4, -0.2) is 23.8 Å². The Bertz CT molecular complexity index is 263. The van der Waals surface area contributed by atoms with Gasteiger partial charge in [0.2, 0.25) is 0 Å². The van der Waals surface area contributed by atoms with Crippen LogP contribution in [-0.2, 0) is 9.53 Å². The van der Waals surface area contributed by atoms with Gasteiger partial charge in [-0.3, -0.25) is 4.79 Å². The molecule has 0 radical (unpaired) electrons. The van der Waals surface area contributed by atoms with E-state index < -0.39 is 5.60 Å². The summed E-state index contributed by atoms with van der Waals surface area (Å²) in [7, 11) is 1.42. The molecule has 0 saturated heterocycles. The molecular weight excluding hydrogens is 252 g/mol. The van der Waals surface area contributed by atoms with Crippen LogP contribution in [0.5, 0.6) is 0 Å². The van der Waals surface area contributed by atoms with Gasteiger partial charge in [-0.05, 0) is 19.3 Å². The maximum Gasteiger partial charge on any atom is 0.311 e. The van der Waals surface area contributed by atoms with Gasteiger partial charge < -0.3 is 9.84 Å². The molecule has 1 unspecified atom stereocenters. The molecule has 3 heteroatoms. The molecule has 0 spiro atoms.